The number of benzene rings is 2. The maximum atomic E-state index is 12.9. The molecule has 132 valence electrons. The van der Waals surface area contributed by atoms with Gasteiger partial charge < -0.3 is 10.2 Å². The first kappa shape index (κ1) is 17.6. The number of halogens is 4. The molecule has 1 aliphatic rings. The van der Waals surface area contributed by atoms with E-state index in [2.05, 4.69) is 5.32 Å². The molecule has 3 nitrogen and oxygen atoms in total. The van der Waals surface area contributed by atoms with E-state index in [4.69, 9.17) is 11.6 Å². The number of fused-ring (bicyclic) bond motifs is 1. The molecule has 1 aliphatic heterocycles. The highest BCUT2D eigenvalue weighted by molar-refractivity contribution is 6.31. The van der Waals surface area contributed by atoms with Crippen molar-refractivity contribution < 1.29 is 18.0 Å². The molecule has 0 saturated carbocycles. The van der Waals surface area contributed by atoms with Crippen molar-refractivity contribution >= 4 is 23.3 Å². The number of urea groups is 1. The molecule has 3 rings (SSSR count). The molecule has 0 bridgehead atoms. The van der Waals surface area contributed by atoms with Crippen molar-refractivity contribution in [3.8, 4) is 0 Å². The number of anilines is 1. The van der Waals surface area contributed by atoms with Crippen molar-refractivity contribution in [2.75, 3.05) is 11.9 Å². The molecule has 7 heteroatoms. The van der Waals surface area contributed by atoms with E-state index < -0.39 is 22.8 Å². The van der Waals surface area contributed by atoms with Gasteiger partial charge in [-0.25, -0.2) is 4.79 Å². The van der Waals surface area contributed by atoms with Crippen LogP contribution in [0.25, 0.3) is 0 Å². The number of rotatable bonds is 1. The third-order valence-corrected chi connectivity index (χ3v) is 4.64. The number of alkyl halides is 3. The van der Waals surface area contributed by atoms with E-state index in [0.717, 1.165) is 24.1 Å². The van der Waals surface area contributed by atoms with Crippen molar-refractivity contribution in [2.24, 2.45) is 0 Å². The Morgan fingerprint density at radius 3 is 2.72 bits per heavy atom. The zero-order chi connectivity index (χ0) is 18.2. The van der Waals surface area contributed by atoms with E-state index in [-0.39, 0.29) is 5.69 Å². The molecule has 1 heterocycles. The van der Waals surface area contributed by atoms with E-state index >= 15 is 0 Å². The van der Waals surface area contributed by atoms with Gasteiger partial charge in [0.15, 0.2) is 0 Å². The van der Waals surface area contributed by atoms with Gasteiger partial charge in [0.1, 0.15) is 0 Å². The Hall–Kier alpha value is -2.21. The Morgan fingerprint density at radius 1 is 1.24 bits per heavy atom. The molecular formula is C18H16ClF3N2O. The van der Waals surface area contributed by atoms with Crippen LogP contribution in [0, 0.1) is 6.92 Å². The Bertz CT molecular complexity index is 820. The summed E-state index contributed by atoms with van der Waals surface area (Å²) < 4.78 is 38.7. The highest BCUT2D eigenvalue weighted by Gasteiger charge is 2.33. The topological polar surface area (TPSA) is 32.3 Å². The first-order valence-electron chi connectivity index (χ1n) is 7.76. The number of carbonyl (C=O) groups is 1. The van der Waals surface area contributed by atoms with Crippen LogP contribution in [0.5, 0.6) is 0 Å². The maximum absolute atomic E-state index is 12.9. The maximum Gasteiger partial charge on any atom is 0.417 e. The van der Waals surface area contributed by atoms with Gasteiger partial charge in [-0.05, 0) is 48.2 Å². The second kappa shape index (κ2) is 6.59. The molecular weight excluding hydrogens is 353 g/mol. The molecule has 0 radical (unpaired) electrons. The van der Waals surface area contributed by atoms with Crippen molar-refractivity contribution in [3.05, 3.63) is 63.7 Å². The molecule has 25 heavy (non-hydrogen) atoms. The summed E-state index contributed by atoms with van der Waals surface area (Å²) >= 11 is 5.59. The summed E-state index contributed by atoms with van der Waals surface area (Å²) in [4.78, 5) is 14.0. The van der Waals surface area contributed by atoms with Crippen molar-refractivity contribution in [1.29, 1.82) is 0 Å². The van der Waals surface area contributed by atoms with E-state index in [1.165, 1.54) is 17.2 Å². The van der Waals surface area contributed by atoms with Gasteiger partial charge in [0.2, 0.25) is 0 Å². The summed E-state index contributed by atoms with van der Waals surface area (Å²) in [6, 6.07) is 8.84. The molecule has 0 saturated heterocycles. The van der Waals surface area contributed by atoms with Crippen molar-refractivity contribution in [1.82, 2.24) is 4.90 Å². The molecule has 0 aromatic heterocycles. The fourth-order valence-electron chi connectivity index (χ4n) is 3.00. The number of aryl methyl sites for hydroxylation is 1. The van der Waals surface area contributed by atoms with Crippen LogP contribution in [0.2, 0.25) is 5.02 Å². The SMILES string of the molecule is Cc1cccc2c1CCN(C(=O)Nc1ccc(Cl)c(C(F)(F)F)c1)C2. The average molecular weight is 369 g/mol. The molecule has 0 fully saturated rings. The third kappa shape index (κ3) is 3.74. The highest BCUT2D eigenvalue weighted by Crippen LogP contribution is 2.36. The van der Waals surface area contributed by atoms with Crippen molar-refractivity contribution in [2.45, 2.75) is 26.1 Å². The number of nitrogens with one attached hydrogen (secondary N) is 1. The van der Waals surface area contributed by atoms with Gasteiger partial charge in [-0.1, -0.05) is 29.8 Å². The predicted octanol–water partition coefficient (Wildman–Crippen LogP) is 5.26. The van der Waals surface area contributed by atoms with Crippen LogP contribution in [-0.2, 0) is 19.1 Å². The van der Waals surface area contributed by atoms with Crippen molar-refractivity contribution in [3.63, 3.8) is 0 Å². The second-order valence-electron chi connectivity index (χ2n) is 6.01. The molecule has 1 N–H and O–H groups in total. The molecule has 2 aromatic rings. The van der Waals surface area contributed by atoms with Gasteiger partial charge >= 0.3 is 12.2 Å². The minimum absolute atomic E-state index is 0.0664. The summed E-state index contributed by atoms with van der Waals surface area (Å²) in [5.74, 6) is 0. The predicted molar refractivity (Wildman–Crippen MR) is 90.8 cm³/mol. The van der Waals surface area contributed by atoms with Crippen LogP contribution in [-0.4, -0.2) is 17.5 Å². The molecule has 0 unspecified atom stereocenters. The van der Waals surface area contributed by atoms with E-state index in [0.29, 0.717) is 13.1 Å². The fraction of sp³-hybridized carbons (Fsp3) is 0.278. The molecule has 0 atom stereocenters. The van der Waals surface area contributed by atoms with Crippen LogP contribution in [0.4, 0.5) is 23.7 Å². The number of hydrogen-bond acceptors (Lipinski definition) is 1. The first-order valence-corrected chi connectivity index (χ1v) is 8.13. The van der Waals surface area contributed by atoms with E-state index in [1.54, 1.807) is 4.90 Å². The van der Waals surface area contributed by atoms with E-state index in [1.807, 2.05) is 25.1 Å². The van der Waals surface area contributed by atoms with Crippen LogP contribution < -0.4 is 5.32 Å². The van der Waals surface area contributed by atoms with E-state index in [9.17, 15) is 18.0 Å². The van der Waals surface area contributed by atoms with Gasteiger partial charge in [0, 0.05) is 18.8 Å². The first-order chi connectivity index (χ1) is 11.8. The molecule has 2 amide bonds. The second-order valence-corrected chi connectivity index (χ2v) is 6.41. The van der Waals surface area contributed by atoms with Crippen LogP contribution in [0.15, 0.2) is 36.4 Å². The summed E-state index contributed by atoms with van der Waals surface area (Å²) in [6.07, 6.45) is -3.84. The minimum atomic E-state index is -4.57. The summed E-state index contributed by atoms with van der Waals surface area (Å²) in [5.41, 5.74) is 2.58. The molecule has 2 aromatic carbocycles. The quantitative estimate of drug-likeness (QED) is 0.731. The Balaban J connectivity index is 1.75. The largest absolute Gasteiger partial charge is 0.417 e. The van der Waals surface area contributed by atoms with Crippen LogP contribution in [0.1, 0.15) is 22.3 Å². The number of carbonyl (C=O) groups excluding carboxylic acids is 1. The average Bonchev–Trinajstić information content (AvgIpc) is 2.55. The smallest absolute Gasteiger partial charge is 0.320 e. The lowest BCUT2D eigenvalue weighted by Gasteiger charge is -2.30. The molecule has 0 aliphatic carbocycles. The van der Waals surface area contributed by atoms with Gasteiger partial charge in [-0.15, -0.1) is 0 Å². The lowest BCUT2D eigenvalue weighted by molar-refractivity contribution is -0.137. The normalized spacial score (nSPS) is 14.2. The van der Waals surface area contributed by atoms with Gasteiger partial charge in [-0.2, -0.15) is 13.2 Å². The third-order valence-electron chi connectivity index (χ3n) is 4.31. The number of amides is 2. The monoisotopic (exact) mass is 368 g/mol. The standard InChI is InChI=1S/C18H16ClF3N2O/c1-11-3-2-4-12-10-24(8-7-14(11)12)17(25)23-13-5-6-16(19)15(9-13)18(20,21)22/h2-6,9H,7-8,10H2,1H3,(H,23,25). The zero-order valence-electron chi connectivity index (χ0n) is 13.5. The summed E-state index contributed by atoms with van der Waals surface area (Å²) in [7, 11) is 0. The lowest BCUT2D eigenvalue weighted by atomic mass is 9.95. The highest BCUT2D eigenvalue weighted by atomic mass is 35.5. The summed E-state index contributed by atoms with van der Waals surface area (Å²) in [6.45, 7) is 2.98. The Morgan fingerprint density at radius 2 is 2.00 bits per heavy atom. The fourth-order valence-corrected chi connectivity index (χ4v) is 3.22. The van der Waals surface area contributed by atoms with Gasteiger partial charge in [0.25, 0.3) is 0 Å². The lowest BCUT2D eigenvalue weighted by Crippen LogP contribution is -2.39. The zero-order valence-corrected chi connectivity index (χ0v) is 14.2. The van der Waals surface area contributed by atoms with Gasteiger partial charge in [0.05, 0.1) is 10.6 Å². The number of nitrogens with zero attached hydrogens (tertiary/aromatic N) is 1. The van der Waals surface area contributed by atoms with Crippen LogP contribution >= 0.6 is 11.6 Å². The number of hydrogen-bond donors (Lipinski definition) is 1. The summed E-state index contributed by atoms with van der Waals surface area (Å²) in [5, 5.41) is 2.13. The van der Waals surface area contributed by atoms with Gasteiger partial charge in [-0.3, -0.25) is 0 Å². The minimum Gasteiger partial charge on any atom is -0.320 e. The molecule has 0 spiro atoms. The van der Waals surface area contributed by atoms with Crippen LogP contribution in [0.3, 0.4) is 0 Å². The Kier molecular flexibility index (Phi) is 4.64. The Labute approximate surface area is 148 Å².